The van der Waals surface area contributed by atoms with E-state index < -0.39 is 11.7 Å². The Kier molecular flexibility index (Phi) is 9.60. The second-order valence-corrected chi connectivity index (χ2v) is 7.35. The molecule has 0 aliphatic rings. The van der Waals surface area contributed by atoms with E-state index in [1.54, 1.807) is 14.0 Å². The fourth-order valence-electron chi connectivity index (χ4n) is 2.31. The normalized spacial score (nSPS) is 13.2. The van der Waals surface area contributed by atoms with Crippen molar-refractivity contribution >= 4 is 12.1 Å². The number of alkyl carbamates (subject to hydrolysis) is 1. The van der Waals surface area contributed by atoms with E-state index in [2.05, 4.69) is 38.0 Å². The van der Waals surface area contributed by atoms with Crippen molar-refractivity contribution in [3.05, 3.63) is 11.7 Å². The van der Waals surface area contributed by atoms with Crippen LogP contribution in [-0.4, -0.2) is 54.0 Å². The Morgan fingerprint density at radius 2 is 2.07 bits per heavy atom. The zero-order chi connectivity index (χ0) is 20.3. The van der Waals surface area contributed by atoms with Crippen LogP contribution in [-0.2, 0) is 11.2 Å². The number of nitrogens with zero attached hydrogens (tertiary/aromatic N) is 3. The first kappa shape index (κ1) is 22.7. The molecule has 1 amide bonds. The van der Waals surface area contributed by atoms with E-state index >= 15 is 0 Å². The first-order valence-electron chi connectivity index (χ1n) is 9.46. The molecule has 1 unspecified atom stereocenters. The van der Waals surface area contributed by atoms with Crippen molar-refractivity contribution in [1.29, 1.82) is 0 Å². The Bertz CT molecular complexity index is 594. The lowest BCUT2D eigenvalue weighted by Gasteiger charge is -2.24. The predicted molar refractivity (Wildman–Crippen MR) is 105 cm³/mol. The number of aromatic nitrogens is 2. The summed E-state index contributed by atoms with van der Waals surface area (Å²) in [7, 11) is 1.71. The third kappa shape index (κ3) is 10.4. The number of hydrogen-bond acceptors (Lipinski definition) is 6. The average molecular weight is 383 g/mol. The minimum Gasteiger partial charge on any atom is -0.444 e. The maximum Gasteiger partial charge on any atom is 0.407 e. The van der Waals surface area contributed by atoms with Crippen LogP contribution in [0.15, 0.2) is 9.52 Å². The van der Waals surface area contributed by atoms with E-state index in [1.165, 1.54) is 0 Å². The van der Waals surface area contributed by atoms with Gasteiger partial charge in [0, 0.05) is 32.6 Å². The fourth-order valence-corrected chi connectivity index (χ4v) is 2.31. The van der Waals surface area contributed by atoms with Gasteiger partial charge in [-0.05, 0) is 34.1 Å². The van der Waals surface area contributed by atoms with Gasteiger partial charge in [-0.3, -0.25) is 4.99 Å². The molecule has 0 saturated heterocycles. The number of guanidine groups is 1. The summed E-state index contributed by atoms with van der Waals surface area (Å²) in [5.41, 5.74) is -0.513. The average Bonchev–Trinajstić information content (AvgIpc) is 2.99. The molecule has 0 aliphatic heterocycles. The minimum atomic E-state index is -0.513. The summed E-state index contributed by atoms with van der Waals surface area (Å²) in [5.74, 6) is 1.88. The Hall–Kier alpha value is -2.32. The third-order valence-corrected chi connectivity index (χ3v) is 3.56. The number of ether oxygens (including phenoxy) is 1. The summed E-state index contributed by atoms with van der Waals surface area (Å²) in [6.45, 7) is 10.5. The lowest BCUT2D eigenvalue weighted by Crippen LogP contribution is -2.49. The number of aliphatic imine (C=N–C) groups is 1. The highest BCUT2D eigenvalue weighted by Gasteiger charge is 2.18. The zero-order valence-electron chi connectivity index (χ0n) is 17.4. The van der Waals surface area contributed by atoms with E-state index in [9.17, 15) is 4.79 Å². The van der Waals surface area contributed by atoms with Crippen LogP contribution in [0, 0.1) is 6.92 Å². The van der Waals surface area contributed by atoms with Gasteiger partial charge in [-0.15, -0.1) is 0 Å². The fraction of sp³-hybridized carbons (Fsp3) is 0.778. The molecule has 1 heterocycles. The first-order chi connectivity index (χ1) is 12.7. The molecule has 0 radical (unpaired) electrons. The van der Waals surface area contributed by atoms with Gasteiger partial charge < -0.3 is 25.2 Å². The Morgan fingerprint density at radius 1 is 1.33 bits per heavy atom. The van der Waals surface area contributed by atoms with Crippen LogP contribution in [0.2, 0.25) is 0 Å². The van der Waals surface area contributed by atoms with Gasteiger partial charge in [0.05, 0.1) is 0 Å². The molecule has 1 aromatic heterocycles. The SMILES string of the molecule is CCCCC(CNC(=O)OC(C)(C)C)NC(=NC)NCCc1nc(C)no1. The molecule has 9 nitrogen and oxygen atoms in total. The van der Waals surface area contributed by atoms with E-state index in [0.29, 0.717) is 37.2 Å². The lowest BCUT2D eigenvalue weighted by molar-refractivity contribution is 0.0522. The molecule has 1 aromatic rings. The van der Waals surface area contributed by atoms with E-state index in [0.717, 1.165) is 19.3 Å². The van der Waals surface area contributed by atoms with Crippen LogP contribution in [0.3, 0.4) is 0 Å². The van der Waals surface area contributed by atoms with Gasteiger partial charge in [-0.1, -0.05) is 24.9 Å². The maximum absolute atomic E-state index is 11.9. The zero-order valence-corrected chi connectivity index (χ0v) is 17.4. The van der Waals surface area contributed by atoms with Crippen molar-refractivity contribution in [3.8, 4) is 0 Å². The lowest BCUT2D eigenvalue weighted by atomic mass is 10.1. The first-order valence-corrected chi connectivity index (χ1v) is 9.46. The van der Waals surface area contributed by atoms with Crippen molar-refractivity contribution in [1.82, 2.24) is 26.1 Å². The number of hydrogen-bond donors (Lipinski definition) is 3. The molecule has 1 atom stereocenters. The number of amides is 1. The molecule has 0 saturated carbocycles. The van der Waals surface area contributed by atoms with Gasteiger partial charge in [0.2, 0.25) is 5.89 Å². The van der Waals surface area contributed by atoms with E-state index in [-0.39, 0.29) is 6.04 Å². The van der Waals surface area contributed by atoms with Crippen LogP contribution in [0.25, 0.3) is 0 Å². The highest BCUT2D eigenvalue weighted by atomic mass is 16.6. The number of nitrogens with one attached hydrogen (secondary N) is 3. The molecular formula is C18H34N6O3. The van der Waals surface area contributed by atoms with Crippen molar-refractivity contribution in [2.75, 3.05) is 20.1 Å². The Balaban J connectivity index is 2.47. The third-order valence-electron chi connectivity index (χ3n) is 3.56. The summed E-state index contributed by atoms with van der Waals surface area (Å²) in [4.78, 5) is 20.3. The van der Waals surface area contributed by atoms with Crippen molar-refractivity contribution in [3.63, 3.8) is 0 Å². The molecule has 3 N–H and O–H groups in total. The largest absolute Gasteiger partial charge is 0.444 e. The minimum absolute atomic E-state index is 0.0503. The van der Waals surface area contributed by atoms with Gasteiger partial charge in [-0.2, -0.15) is 4.98 Å². The molecule has 0 spiro atoms. The van der Waals surface area contributed by atoms with Gasteiger partial charge in [0.15, 0.2) is 11.8 Å². The number of carbonyl (C=O) groups excluding carboxylic acids is 1. The molecule has 1 rings (SSSR count). The number of rotatable bonds is 9. The molecule has 0 aliphatic carbocycles. The quantitative estimate of drug-likeness (QED) is 0.443. The second kappa shape index (κ2) is 11.4. The number of carbonyl (C=O) groups is 1. The predicted octanol–water partition coefficient (Wildman–Crippen LogP) is 2.17. The van der Waals surface area contributed by atoms with Crippen LogP contribution >= 0.6 is 0 Å². The molecule has 0 bridgehead atoms. The van der Waals surface area contributed by atoms with Gasteiger partial charge in [0.1, 0.15) is 5.60 Å². The Morgan fingerprint density at radius 3 is 2.63 bits per heavy atom. The number of aryl methyl sites for hydroxylation is 1. The summed E-state index contributed by atoms with van der Waals surface area (Å²) in [6.07, 6.45) is 3.23. The highest BCUT2D eigenvalue weighted by molar-refractivity contribution is 5.80. The van der Waals surface area contributed by atoms with Crippen LogP contribution in [0.4, 0.5) is 4.79 Å². The monoisotopic (exact) mass is 382 g/mol. The van der Waals surface area contributed by atoms with Crippen LogP contribution in [0.1, 0.15) is 58.7 Å². The smallest absolute Gasteiger partial charge is 0.407 e. The van der Waals surface area contributed by atoms with Crippen molar-refractivity contribution in [2.24, 2.45) is 4.99 Å². The molecule has 27 heavy (non-hydrogen) atoms. The van der Waals surface area contributed by atoms with Crippen molar-refractivity contribution in [2.45, 2.75) is 71.9 Å². The summed E-state index contributed by atoms with van der Waals surface area (Å²) < 4.78 is 10.4. The standard InChI is InChI=1S/C18H34N6O3/c1-7-8-9-14(12-21-17(25)26-18(3,4)5)23-16(19-6)20-11-10-15-22-13(2)24-27-15/h14H,7-12H2,1-6H3,(H,21,25)(H2,19,20,23). The second-order valence-electron chi connectivity index (χ2n) is 7.35. The summed E-state index contributed by atoms with van der Waals surface area (Å²) in [6, 6.07) is 0.0503. The summed E-state index contributed by atoms with van der Waals surface area (Å²) >= 11 is 0. The maximum atomic E-state index is 11.9. The topological polar surface area (TPSA) is 114 Å². The van der Waals surface area contributed by atoms with Gasteiger partial charge >= 0.3 is 6.09 Å². The summed E-state index contributed by atoms with van der Waals surface area (Å²) in [5, 5.41) is 13.2. The molecule has 154 valence electrons. The van der Waals surface area contributed by atoms with Gasteiger partial charge in [-0.25, -0.2) is 4.79 Å². The molecule has 0 fully saturated rings. The number of unbranched alkanes of at least 4 members (excludes halogenated alkanes) is 1. The Labute approximate surface area is 161 Å². The van der Waals surface area contributed by atoms with Crippen molar-refractivity contribution < 1.29 is 14.1 Å². The van der Waals surface area contributed by atoms with E-state index in [1.807, 2.05) is 20.8 Å². The van der Waals surface area contributed by atoms with E-state index in [4.69, 9.17) is 9.26 Å². The van der Waals surface area contributed by atoms with Crippen LogP contribution < -0.4 is 16.0 Å². The highest BCUT2D eigenvalue weighted by Crippen LogP contribution is 2.07. The molecule has 0 aromatic carbocycles. The molecule has 9 heteroatoms. The van der Waals surface area contributed by atoms with Gasteiger partial charge in [0.25, 0.3) is 0 Å². The van der Waals surface area contributed by atoms with Crippen LogP contribution in [0.5, 0.6) is 0 Å². The molecular weight excluding hydrogens is 348 g/mol.